The molecule has 0 radical (unpaired) electrons. The molecule has 5 amide bonds. The number of unbranched alkanes of at least 4 members (excludes halogenated alkanes) is 1. The molecule has 0 aromatic carbocycles. The minimum absolute atomic E-state index is 0.0718. The molecule has 4 unspecified atom stereocenters. The second-order valence-electron chi connectivity index (χ2n) is 17.2. The number of rotatable bonds is 16. The maximum Gasteiger partial charge on any atom is 0.315 e. The number of alkyl halides is 1. The van der Waals surface area contributed by atoms with Crippen molar-refractivity contribution in [2.75, 3.05) is 24.7 Å². The third-order valence-electron chi connectivity index (χ3n) is 12.2. The lowest BCUT2D eigenvalue weighted by atomic mass is 9.80. The molecule has 4 aliphatic rings. The van der Waals surface area contributed by atoms with Crippen molar-refractivity contribution in [2.45, 2.75) is 154 Å². The number of ketones is 1. The molecule has 284 valence electrons. The van der Waals surface area contributed by atoms with Crippen LogP contribution in [-0.4, -0.2) is 92.9 Å². The number of halogens is 1. The highest BCUT2D eigenvalue weighted by Gasteiger charge is 2.70. The molecule has 4 N–H and O–H groups in total. The van der Waals surface area contributed by atoms with Crippen molar-refractivity contribution in [1.82, 2.24) is 26.2 Å². The van der Waals surface area contributed by atoms with Crippen molar-refractivity contribution >= 4 is 57.0 Å². The summed E-state index contributed by atoms with van der Waals surface area (Å²) in [6.45, 7) is 17.8. The summed E-state index contributed by atoms with van der Waals surface area (Å²) < 4.78 is 0.165. The van der Waals surface area contributed by atoms with Gasteiger partial charge in [-0.1, -0.05) is 85.9 Å². The summed E-state index contributed by atoms with van der Waals surface area (Å²) in [7, 11) is 0.112. The maximum absolute atomic E-state index is 14.6. The van der Waals surface area contributed by atoms with Crippen LogP contribution in [0.1, 0.15) is 126 Å². The van der Waals surface area contributed by atoms with E-state index >= 15 is 0 Å². The predicted molar refractivity (Wildman–Crippen MR) is 204 cm³/mol. The van der Waals surface area contributed by atoms with Crippen LogP contribution in [0.25, 0.3) is 0 Å². The molecule has 12 heteroatoms. The van der Waals surface area contributed by atoms with Gasteiger partial charge in [0.25, 0.3) is 5.91 Å². The summed E-state index contributed by atoms with van der Waals surface area (Å²) in [6, 6.07) is -2.86. The fourth-order valence-electron chi connectivity index (χ4n) is 8.50. The lowest BCUT2D eigenvalue weighted by Gasteiger charge is -2.41. The molecule has 0 aromatic heterocycles. The molecule has 50 heavy (non-hydrogen) atoms. The number of likely N-dealkylation sites (tertiary alicyclic amines) is 1. The van der Waals surface area contributed by atoms with E-state index in [2.05, 4.69) is 68.2 Å². The first-order chi connectivity index (χ1) is 23.4. The van der Waals surface area contributed by atoms with Gasteiger partial charge in [-0.2, -0.15) is 10.5 Å². The molecule has 6 atom stereocenters. The number of hydrogen-bond donors (Lipinski definition) is 4. The standard InChI is InChI=1S/C38H64ClN5O5S/c1-9-11-15-26(29(45)32(47)40-22-21-39)41-31(46)28-27-25(36(27,6)7)24-44(28)33(48)30(37(8)18-19-37)42-34(49)43-38(16-13-12-14-17-38)20-23-50(10-2)35(3,4)5/h10,25-28,30H,9,11-24H2,1-8H3,(H,40,47)(H,41,46)(H2,42,43,49)/t25?,26?,27?,28-,30+,50?/m0/s1. The number of hydrogen-bond acceptors (Lipinski definition) is 5. The molecular weight excluding hydrogens is 674 g/mol. The van der Waals surface area contributed by atoms with Crippen LogP contribution in [0, 0.1) is 22.7 Å². The number of amides is 5. The molecule has 1 saturated heterocycles. The van der Waals surface area contributed by atoms with Crippen molar-refractivity contribution in [1.29, 1.82) is 0 Å². The number of carbonyl (C=O) groups is 5. The summed E-state index contributed by atoms with van der Waals surface area (Å²) in [4.78, 5) is 70.0. The number of nitrogens with one attached hydrogen (secondary N) is 4. The molecule has 4 fully saturated rings. The van der Waals surface area contributed by atoms with Gasteiger partial charge in [-0.05, 0) is 73.9 Å². The Hall–Kier alpha value is -2.14. The fraction of sp³-hybridized carbons (Fsp3) is 0.842. The number of fused-ring (bicyclic) bond motifs is 1. The normalized spacial score (nSPS) is 26.2. The van der Waals surface area contributed by atoms with E-state index in [9.17, 15) is 24.0 Å². The Bertz CT molecular complexity index is 1320. The highest BCUT2D eigenvalue weighted by molar-refractivity contribution is 8.16. The Morgan fingerprint density at radius 2 is 1.66 bits per heavy atom. The zero-order valence-corrected chi connectivity index (χ0v) is 33.4. The van der Waals surface area contributed by atoms with E-state index in [1.165, 1.54) is 0 Å². The summed E-state index contributed by atoms with van der Waals surface area (Å²) in [5.74, 6) is -0.884. The zero-order valence-electron chi connectivity index (χ0n) is 31.8. The van der Waals surface area contributed by atoms with Crippen molar-refractivity contribution in [3.05, 3.63) is 0 Å². The number of piperidine rings is 1. The predicted octanol–water partition coefficient (Wildman–Crippen LogP) is 5.52. The van der Waals surface area contributed by atoms with Gasteiger partial charge in [0, 0.05) is 29.3 Å². The van der Waals surface area contributed by atoms with E-state index in [-0.39, 0.29) is 62.4 Å². The van der Waals surface area contributed by atoms with Crippen LogP contribution in [0.4, 0.5) is 4.79 Å². The Morgan fingerprint density at radius 3 is 2.22 bits per heavy atom. The number of urea groups is 1. The van der Waals surface area contributed by atoms with Gasteiger partial charge < -0.3 is 26.2 Å². The number of carbonyl (C=O) groups excluding carboxylic acids is 5. The lowest BCUT2D eigenvalue weighted by Crippen LogP contribution is -2.62. The van der Waals surface area contributed by atoms with Gasteiger partial charge in [-0.15, -0.1) is 11.6 Å². The first kappa shape index (κ1) is 40.6. The van der Waals surface area contributed by atoms with Crippen molar-refractivity contribution < 1.29 is 24.0 Å². The first-order valence-corrected chi connectivity index (χ1v) is 21.0. The maximum atomic E-state index is 14.6. The van der Waals surface area contributed by atoms with E-state index in [1.807, 2.05) is 13.8 Å². The highest BCUT2D eigenvalue weighted by atomic mass is 35.5. The minimum atomic E-state index is -0.994. The van der Waals surface area contributed by atoms with Gasteiger partial charge in [0.1, 0.15) is 12.1 Å². The monoisotopic (exact) mass is 737 g/mol. The smallest absolute Gasteiger partial charge is 0.315 e. The van der Waals surface area contributed by atoms with Gasteiger partial charge in [0.05, 0.1) is 6.04 Å². The number of nitrogens with zero attached hydrogens (tertiary/aromatic N) is 1. The van der Waals surface area contributed by atoms with E-state index in [0.29, 0.717) is 19.4 Å². The topological polar surface area (TPSA) is 137 Å². The van der Waals surface area contributed by atoms with Gasteiger partial charge in [-0.3, -0.25) is 19.2 Å². The lowest BCUT2D eigenvalue weighted by molar-refractivity contribution is -0.144. The summed E-state index contributed by atoms with van der Waals surface area (Å²) in [6.07, 6.45) is 9.43. The van der Waals surface area contributed by atoms with Crippen LogP contribution in [0.3, 0.4) is 0 Å². The molecule has 0 aromatic rings. The summed E-state index contributed by atoms with van der Waals surface area (Å²) in [5.41, 5.74) is -0.844. The summed E-state index contributed by atoms with van der Waals surface area (Å²) >= 11 is 5.71. The molecule has 3 aliphatic carbocycles. The Labute approximate surface area is 308 Å². The van der Waals surface area contributed by atoms with Crippen molar-refractivity contribution in [3.63, 3.8) is 0 Å². The van der Waals surface area contributed by atoms with Crippen LogP contribution in [-0.2, 0) is 19.2 Å². The zero-order chi connectivity index (χ0) is 37.1. The van der Waals surface area contributed by atoms with Crippen molar-refractivity contribution in [2.24, 2.45) is 22.7 Å². The Morgan fingerprint density at radius 1 is 1.00 bits per heavy atom. The molecule has 0 spiro atoms. The highest BCUT2D eigenvalue weighted by Crippen LogP contribution is 2.65. The SMILES string of the molecule is CC=S(CCC1(NC(=O)N[C@H](C(=O)N2CC3C([C@H]2C(=O)NC(CCCC)C(=O)C(=O)NCCCl)C3(C)C)C2(C)CC2)CCCCC1)C(C)(C)C. The average Bonchev–Trinajstić information content (AvgIpc) is 3.85. The van der Waals surface area contributed by atoms with E-state index in [0.717, 1.165) is 63.5 Å². The molecule has 4 rings (SSSR count). The largest absolute Gasteiger partial charge is 0.348 e. The molecular formula is C38H64ClN5O5S. The Kier molecular flexibility index (Phi) is 13.2. The quantitative estimate of drug-likeness (QED) is 0.0940. The third-order valence-corrected chi connectivity index (χ3v) is 15.1. The third kappa shape index (κ3) is 9.25. The summed E-state index contributed by atoms with van der Waals surface area (Å²) in [5, 5.41) is 14.2. The average molecular weight is 738 g/mol. The Balaban J connectivity index is 1.52. The molecule has 10 nitrogen and oxygen atoms in total. The molecule has 1 aliphatic heterocycles. The molecule has 0 bridgehead atoms. The van der Waals surface area contributed by atoms with Crippen LogP contribution < -0.4 is 21.3 Å². The van der Waals surface area contributed by atoms with E-state index in [1.54, 1.807) is 4.90 Å². The number of Topliss-reactive ketones (excluding diaryl/α,β-unsaturated/α-hetero) is 1. The van der Waals surface area contributed by atoms with Crippen LogP contribution in [0.5, 0.6) is 0 Å². The molecule has 1 heterocycles. The van der Waals surface area contributed by atoms with Crippen molar-refractivity contribution in [3.8, 4) is 0 Å². The van der Waals surface area contributed by atoms with Crippen LogP contribution in [0.15, 0.2) is 0 Å². The fourth-order valence-corrected chi connectivity index (χ4v) is 10.8. The van der Waals surface area contributed by atoms with Crippen LogP contribution in [0.2, 0.25) is 0 Å². The van der Waals surface area contributed by atoms with Gasteiger partial charge >= 0.3 is 6.03 Å². The second-order valence-corrected chi connectivity index (χ2v) is 20.5. The van der Waals surface area contributed by atoms with Gasteiger partial charge in [0.15, 0.2) is 0 Å². The van der Waals surface area contributed by atoms with Gasteiger partial charge in [0.2, 0.25) is 17.6 Å². The van der Waals surface area contributed by atoms with E-state index < -0.39 is 41.1 Å². The molecule has 3 saturated carbocycles. The van der Waals surface area contributed by atoms with E-state index in [4.69, 9.17) is 11.6 Å². The minimum Gasteiger partial charge on any atom is -0.348 e. The van der Waals surface area contributed by atoms with Gasteiger partial charge in [-0.25, -0.2) is 4.79 Å². The van der Waals surface area contributed by atoms with Crippen LogP contribution >= 0.6 is 22.1 Å². The first-order valence-electron chi connectivity index (χ1n) is 19.0. The second kappa shape index (κ2) is 16.3.